The van der Waals surface area contributed by atoms with E-state index in [-0.39, 0.29) is 17.2 Å². The van der Waals surface area contributed by atoms with Crippen LogP contribution >= 0.6 is 11.8 Å². The van der Waals surface area contributed by atoms with Crippen molar-refractivity contribution >= 4 is 33.5 Å². The van der Waals surface area contributed by atoms with E-state index in [0.29, 0.717) is 17.3 Å². The Kier molecular flexibility index (Phi) is 6.27. The average Bonchev–Trinajstić information content (AvgIpc) is 3.28. The molecule has 156 valence electrons. The second-order valence-corrected chi connectivity index (χ2v) is 9.58. The number of hydrogen-bond acceptors (Lipinski definition) is 7. The van der Waals surface area contributed by atoms with Crippen molar-refractivity contribution < 1.29 is 27.1 Å². The van der Waals surface area contributed by atoms with Crippen LogP contribution in [0.2, 0.25) is 0 Å². The van der Waals surface area contributed by atoms with Crippen molar-refractivity contribution in [2.24, 2.45) is 0 Å². The highest BCUT2D eigenvalue weighted by atomic mass is 32.2. The van der Waals surface area contributed by atoms with Crippen LogP contribution in [-0.2, 0) is 19.4 Å². The van der Waals surface area contributed by atoms with Crippen molar-refractivity contribution in [3.63, 3.8) is 0 Å². The Labute approximate surface area is 172 Å². The summed E-state index contributed by atoms with van der Waals surface area (Å²) in [6, 6.07) is 5.13. The maximum absolute atomic E-state index is 13.2. The third-order valence-corrected chi connectivity index (χ3v) is 7.09. The molecule has 0 radical (unpaired) electrons. The van der Waals surface area contributed by atoms with Crippen molar-refractivity contribution in [1.29, 1.82) is 0 Å². The van der Waals surface area contributed by atoms with E-state index in [9.17, 15) is 22.4 Å². The topological polar surface area (TPSA) is 98.6 Å². The monoisotopic (exact) mass is 441 g/mol. The summed E-state index contributed by atoms with van der Waals surface area (Å²) in [6.45, 7) is -0.519. The number of sulfone groups is 1. The zero-order valence-electron chi connectivity index (χ0n) is 15.9. The zero-order chi connectivity index (χ0) is 21.2. The van der Waals surface area contributed by atoms with Gasteiger partial charge in [0, 0.05) is 18.8 Å². The van der Waals surface area contributed by atoms with Gasteiger partial charge >= 0.3 is 5.97 Å². The minimum absolute atomic E-state index is 0.0450. The molecule has 1 aromatic carbocycles. The SMILES string of the molecule is CSc1ncc(C(=O)OCC(=O)N(C)C2CCS(=O)(=O)C2)n1-c1ccc(F)cc1. The summed E-state index contributed by atoms with van der Waals surface area (Å²) in [7, 11) is -1.63. The van der Waals surface area contributed by atoms with E-state index < -0.39 is 40.2 Å². The maximum Gasteiger partial charge on any atom is 0.357 e. The maximum atomic E-state index is 13.2. The molecule has 11 heteroatoms. The molecule has 2 heterocycles. The Morgan fingerprint density at radius 1 is 1.34 bits per heavy atom. The lowest BCUT2D eigenvalue weighted by Crippen LogP contribution is -2.40. The number of nitrogens with zero attached hydrogens (tertiary/aromatic N) is 3. The lowest BCUT2D eigenvalue weighted by Gasteiger charge is -2.23. The van der Waals surface area contributed by atoms with Gasteiger partial charge in [-0.15, -0.1) is 0 Å². The normalized spacial score (nSPS) is 17.8. The fourth-order valence-corrected chi connectivity index (χ4v) is 5.37. The first kappa shape index (κ1) is 21.3. The van der Waals surface area contributed by atoms with Crippen LogP contribution in [0.3, 0.4) is 0 Å². The Balaban J connectivity index is 1.70. The quantitative estimate of drug-likeness (QED) is 0.495. The van der Waals surface area contributed by atoms with E-state index in [1.54, 1.807) is 6.26 Å². The van der Waals surface area contributed by atoms with Crippen molar-refractivity contribution in [2.45, 2.75) is 17.6 Å². The third-order valence-electron chi connectivity index (χ3n) is 4.68. The summed E-state index contributed by atoms with van der Waals surface area (Å²) >= 11 is 1.30. The Hall–Kier alpha value is -2.40. The largest absolute Gasteiger partial charge is 0.451 e. The molecule has 3 rings (SSSR count). The molecule has 1 aliphatic heterocycles. The van der Waals surface area contributed by atoms with Gasteiger partial charge in [-0.1, -0.05) is 11.8 Å². The molecule has 0 bridgehead atoms. The van der Waals surface area contributed by atoms with Crippen LogP contribution in [-0.4, -0.2) is 72.2 Å². The molecule has 1 fully saturated rings. The number of aromatic nitrogens is 2. The number of esters is 1. The van der Waals surface area contributed by atoms with Crippen LogP contribution in [0, 0.1) is 5.82 Å². The Morgan fingerprint density at radius 2 is 2.03 bits per heavy atom. The molecule has 0 saturated carbocycles. The number of imidazole rings is 1. The van der Waals surface area contributed by atoms with Gasteiger partial charge in [-0.05, 0) is 36.9 Å². The molecule has 1 aliphatic rings. The number of carbonyl (C=O) groups is 2. The number of likely N-dealkylation sites (N-methyl/N-ethyl adjacent to an activating group) is 1. The van der Waals surface area contributed by atoms with E-state index in [2.05, 4.69) is 4.98 Å². The highest BCUT2D eigenvalue weighted by Gasteiger charge is 2.33. The first-order valence-corrected chi connectivity index (χ1v) is 11.8. The van der Waals surface area contributed by atoms with E-state index in [0.717, 1.165) is 0 Å². The highest BCUT2D eigenvalue weighted by molar-refractivity contribution is 7.98. The van der Waals surface area contributed by atoms with Gasteiger partial charge < -0.3 is 9.64 Å². The van der Waals surface area contributed by atoms with Crippen LogP contribution in [0.25, 0.3) is 5.69 Å². The molecule has 2 aromatic rings. The van der Waals surface area contributed by atoms with Gasteiger partial charge in [0.25, 0.3) is 5.91 Å². The number of hydrogen-bond donors (Lipinski definition) is 0. The number of halogens is 1. The second-order valence-electron chi connectivity index (χ2n) is 6.58. The van der Waals surface area contributed by atoms with Crippen LogP contribution in [0.5, 0.6) is 0 Å². The molecule has 0 N–H and O–H groups in total. The average molecular weight is 442 g/mol. The molecular weight excluding hydrogens is 421 g/mol. The van der Waals surface area contributed by atoms with Crippen molar-refractivity contribution in [1.82, 2.24) is 14.5 Å². The summed E-state index contributed by atoms with van der Waals surface area (Å²) in [5.74, 6) is -1.70. The van der Waals surface area contributed by atoms with Crippen molar-refractivity contribution in [3.05, 3.63) is 42.0 Å². The number of thioether (sulfide) groups is 1. The summed E-state index contributed by atoms with van der Waals surface area (Å²) in [5.41, 5.74) is 0.625. The van der Waals surface area contributed by atoms with Gasteiger partial charge in [-0.2, -0.15) is 0 Å². The van der Waals surface area contributed by atoms with Gasteiger partial charge in [-0.3, -0.25) is 9.36 Å². The molecule has 0 aliphatic carbocycles. The van der Waals surface area contributed by atoms with Gasteiger partial charge in [0.2, 0.25) is 0 Å². The number of carbonyl (C=O) groups excluding carboxylic acids is 2. The molecule has 1 unspecified atom stereocenters. The standard InChI is InChI=1S/C18H20FN3O5S2/c1-21(14-7-8-29(25,26)11-14)16(23)10-27-17(24)15-9-20-18(28-2)22(15)13-5-3-12(19)4-6-13/h3-6,9,14H,7-8,10-11H2,1-2H3. The van der Waals surface area contributed by atoms with Crippen molar-refractivity contribution in [3.8, 4) is 5.69 Å². The molecular formula is C18H20FN3O5S2. The van der Waals surface area contributed by atoms with E-state index in [1.165, 1.54) is 58.7 Å². The van der Waals surface area contributed by atoms with Crippen LogP contribution in [0.1, 0.15) is 16.9 Å². The molecule has 1 amide bonds. The number of amides is 1. The van der Waals surface area contributed by atoms with E-state index in [1.807, 2.05) is 0 Å². The number of rotatable bonds is 6. The predicted octanol–water partition coefficient (Wildman–Crippen LogP) is 1.54. The Morgan fingerprint density at radius 3 is 2.62 bits per heavy atom. The first-order chi connectivity index (χ1) is 13.7. The van der Waals surface area contributed by atoms with Gasteiger partial charge in [0.1, 0.15) is 5.82 Å². The van der Waals surface area contributed by atoms with Gasteiger partial charge in [0.05, 0.1) is 17.7 Å². The minimum atomic E-state index is -3.13. The molecule has 1 saturated heterocycles. The third kappa shape index (κ3) is 4.78. The number of benzene rings is 1. The summed E-state index contributed by atoms with van der Waals surface area (Å²) in [6.07, 6.45) is 3.48. The fourth-order valence-electron chi connectivity index (χ4n) is 3.05. The molecule has 8 nitrogen and oxygen atoms in total. The number of ether oxygens (including phenoxy) is 1. The molecule has 0 spiro atoms. The van der Waals surface area contributed by atoms with Crippen LogP contribution in [0.4, 0.5) is 4.39 Å². The highest BCUT2D eigenvalue weighted by Crippen LogP contribution is 2.23. The second kappa shape index (κ2) is 8.54. The Bertz CT molecular complexity index is 1020. The molecule has 1 atom stereocenters. The summed E-state index contributed by atoms with van der Waals surface area (Å²) < 4.78 is 43.1. The van der Waals surface area contributed by atoms with Gasteiger partial charge in [0.15, 0.2) is 27.3 Å². The summed E-state index contributed by atoms with van der Waals surface area (Å²) in [5, 5.41) is 0.503. The predicted molar refractivity (Wildman–Crippen MR) is 105 cm³/mol. The van der Waals surface area contributed by atoms with Crippen LogP contribution in [0.15, 0.2) is 35.6 Å². The zero-order valence-corrected chi connectivity index (χ0v) is 17.5. The van der Waals surface area contributed by atoms with Gasteiger partial charge in [-0.25, -0.2) is 22.6 Å². The molecule has 1 aromatic heterocycles. The van der Waals surface area contributed by atoms with E-state index >= 15 is 0 Å². The molecule has 29 heavy (non-hydrogen) atoms. The van der Waals surface area contributed by atoms with Crippen molar-refractivity contribution in [2.75, 3.05) is 31.4 Å². The van der Waals surface area contributed by atoms with Crippen LogP contribution < -0.4 is 0 Å². The minimum Gasteiger partial charge on any atom is -0.451 e. The lowest BCUT2D eigenvalue weighted by molar-refractivity contribution is -0.134. The fraction of sp³-hybridized carbons (Fsp3) is 0.389. The lowest BCUT2D eigenvalue weighted by atomic mass is 10.2. The van der Waals surface area contributed by atoms with E-state index in [4.69, 9.17) is 4.74 Å². The first-order valence-electron chi connectivity index (χ1n) is 8.72. The summed E-state index contributed by atoms with van der Waals surface area (Å²) in [4.78, 5) is 30.3. The smallest absolute Gasteiger partial charge is 0.357 e.